The van der Waals surface area contributed by atoms with Crippen LogP contribution < -0.4 is 10.6 Å². The zero-order valence-corrected chi connectivity index (χ0v) is 17.4. The van der Waals surface area contributed by atoms with E-state index < -0.39 is 23.8 Å². The number of amides is 2. The first-order chi connectivity index (χ1) is 13.4. The molecule has 3 atom stereocenters. The van der Waals surface area contributed by atoms with Crippen molar-refractivity contribution in [1.82, 2.24) is 10.6 Å². The molecule has 0 bridgehead atoms. The summed E-state index contributed by atoms with van der Waals surface area (Å²) in [6.45, 7) is 6.43. The van der Waals surface area contributed by atoms with E-state index in [4.69, 9.17) is 0 Å². The van der Waals surface area contributed by atoms with Crippen LogP contribution in [0.25, 0.3) is 0 Å². The molecule has 6 nitrogen and oxygen atoms in total. The number of nitrogens with zero attached hydrogens (tertiary/aromatic N) is 1. The zero-order chi connectivity index (χ0) is 21.8. The Morgan fingerprint density at radius 3 is 2.48 bits per heavy atom. The number of carbonyl (C=O) groups is 3. The highest BCUT2D eigenvalue weighted by Gasteiger charge is 2.45. The molecule has 1 saturated heterocycles. The summed E-state index contributed by atoms with van der Waals surface area (Å²) in [5.74, 6) is -4.61. The highest BCUT2D eigenvalue weighted by molar-refractivity contribution is 5.87. The number of carbonyl (C=O) groups excluding carboxylic acids is 3. The molecule has 29 heavy (non-hydrogen) atoms. The summed E-state index contributed by atoms with van der Waals surface area (Å²) in [6.07, 6.45) is 0.808. The van der Waals surface area contributed by atoms with Crippen LogP contribution in [-0.2, 0) is 14.4 Å². The molecular weight excluding hydrogens is 380 g/mol. The van der Waals surface area contributed by atoms with Crippen molar-refractivity contribution in [2.75, 3.05) is 6.54 Å². The van der Waals surface area contributed by atoms with E-state index in [2.05, 4.69) is 10.6 Å². The highest BCUT2D eigenvalue weighted by Crippen LogP contribution is 2.44. The third-order valence-electron chi connectivity index (χ3n) is 5.55. The molecule has 1 aliphatic heterocycles. The Bertz CT molecular complexity index is 674. The van der Waals surface area contributed by atoms with Gasteiger partial charge in [-0.05, 0) is 30.6 Å². The van der Waals surface area contributed by atoms with Crippen LogP contribution in [0.3, 0.4) is 0 Å². The molecule has 0 radical (unpaired) electrons. The molecule has 0 spiro atoms. The van der Waals surface area contributed by atoms with Crippen LogP contribution in [0.4, 0.5) is 8.78 Å². The van der Waals surface area contributed by atoms with E-state index in [1.165, 1.54) is 0 Å². The van der Waals surface area contributed by atoms with E-state index in [-0.39, 0.29) is 61.0 Å². The quantitative estimate of drug-likeness (QED) is 0.609. The minimum absolute atomic E-state index is 0.0206. The number of hydrogen-bond acceptors (Lipinski definition) is 4. The first kappa shape index (κ1) is 23.2. The molecule has 162 valence electrons. The van der Waals surface area contributed by atoms with Crippen molar-refractivity contribution in [2.24, 2.45) is 23.2 Å². The monoisotopic (exact) mass is 411 g/mol. The number of nitrogens with one attached hydrogen (secondary N) is 2. The van der Waals surface area contributed by atoms with E-state index in [0.29, 0.717) is 19.4 Å². The lowest BCUT2D eigenvalue weighted by molar-refractivity contribution is -0.136. The van der Waals surface area contributed by atoms with Crippen molar-refractivity contribution in [1.29, 1.82) is 5.26 Å². The third kappa shape index (κ3) is 7.37. The molecule has 2 aliphatic rings. The maximum atomic E-state index is 13.0. The molecule has 1 heterocycles. The Morgan fingerprint density at radius 1 is 1.34 bits per heavy atom. The average Bonchev–Trinajstić information content (AvgIpc) is 2.95. The van der Waals surface area contributed by atoms with Gasteiger partial charge in [-0.2, -0.15) is 5.26 Å². The van der Waals surface area contributed by atoms with Crippen molar-refractivity contribution in [3.05, 3.63) is 0 Å². The van der Waals surface area contributed by atoms with Gasteiger partial charge in [0, 0.05) is 44.1 Å². The first-order valence-electron chi connectivity index (χ1n) is 10.3. The van der Waals surface area contributed by atoms with Gasteiger partial charge in [-0.15, -0.1) is 0 Å². The Morgan fingerprint density at radius 2 is 2.00 bits per heavy atom. The molecule has 1 aliphatic carbocycles. The molecule has 1 saturated carbocycles. The molecule has 2 rings (SSSR count). The van der Waals surface area contributed by atoms with E-state index in [9.17, 15) is 28.4 Å². The van der Waals surface area contributed by atoms with Gasteiger partial charge in [0.25, 0.3) is 0 Å². The summed E-state index contributed by atoms with van der Waals surface area (Å²) >= 11 is 0. The van der Waals surface area contributed by atoms with Gasteiger partial charge in [0.2, 0.25) is 17.7 Å². The van der Waals surface area contributed by atoms with Crippen LogP contribution >= 0.6 is 0 Å². The Labute approximate surface area is 170 Å². The molecule has 2 amide bonds. The summed E-state index contributed by atoms with van der Waals surface area (Å²) in [6, 6.07) is 1.22. The summed E-state index contributed by atoms with van der Waals surface area (Å²) in [5, 5.41) is 14.8. The second-order valence-electron chi connectivity index (χ2n) is 9.74. The highest BCUT2D eigenvalue weighted by atomic mass is 19.3. The average molecular weight is 411 g/mol. The fourth-order valence-electron chi connectivity index (χ4n) is 4.19. The topological polar surface area (TPSA) is 99.1 Å². The Hall–Kier alpha value is -2.04. The van der Waals surface area contributed by atoms with Crippen LogP contribution in [0.15, 0.2) is 0 Å². The Kier molecular flexibility index (Phi) is 7.36. The van der Waals surface area contributed by atoms with Gasteiger partial charge >= 0.3 is 0 Å². The molecule has 0 aromatic carbocycles. The third-order valence-corrected chi connectivity index (χ3v) is 5.55. The number of rotatable bonds is 9. The molecular formula is C21H31F2N3O3. The van der Waals surface area contributed by atoms with Gasteiger partial charge in [0.1, 0.15) is 11.8 Å². The van der Waals surface area contributed by atoms with Crippen molar-refractivity contribution in [3.63, 3.8) is 0 Å². The van der Waals surface area contributed by atoms with E-state index in [1.54, 1.807) is 0 Å². The van der Waals surface area contributed by atoms with Crippen LogP contribution in [-0.4, -0.2) is 36.1 Å². The number of Topliss-reactive ketones (excluding diaryl/α,β-unsaturated/α-hetero) is 1. The van der Waals surface area contributed by atoms with E-state index in [0.717, 1.165) is 0 Å². The van der Waals surface area contributed by atoms with Gasteiger partial charge in [-0.25, -0.2) is 8.78 Å². The SMILES string of the molecule is CC(C)(C)C[C@H](CC(=O)CC1CC(F)(F)C1)C(=O)N[C@H](C#N)C[C@@H]1CCNC1=O. The second-order valence-corrected chi connectivity index (χ2v) is 9.74. The molecule has 8 heteroatoms. The maximum absolute atomic E-state index is 13.0. The van der Waals surface area contributed by atoms with E-state index >= 15 is 0 Å². The van der Waals surface area contributed by atoms with E-state index in [1.807, 2.05) is 26.8 Å². The maximum Gasteiger partial charge on any atom is 0.248 e. The molecule has 2 N–H and O–H groups in total. The summed E-state index contributed by atoms with van der Waals surface area (Å²) in [4.78, 5) is 36.9. The van der Waals surface area contributed by atoms with Gasteiger partial charge in [-0.1, -0.05) is 20.8 Å². The standard InChI is InChI=1S/C21H31F2N3O3/c1-20(2,3)11-15(8-17(27)6-13-9-21(22,23)10-13)19(29)26-16(12-24)7-14-4-5-25-18(14)28/h13-16H,4-11H2,1-3H3,(H,25,28)(H,26,29)/t14-,15-,16-/m0/s1. The summed E-state index contributed by atoms with van der Waals surface area (Å²) in [7, 11) is 0. The lowest BCUT2D eigenvalue weighted by Crippen LogP contribution is -2.42. The van der Waals surface area contributed by atoms with Gasteiger partial charge < -0.3 is 10.6 Å². The zero-order valence-electron chi connectivity index (χ0n) is 17.4. The van der Waals surface area contributed by atoms with Crippen molar-refractivity contribution in [3.8, 4) is 6.07 Å². The number of nitriles is 1. The molecule has 0 unspecified atom stereocenters. The lowest BCUT2D eigenvalue weighted by Gasteiger charge is -2.34. The minimum atomic E-state index is -2.67. The molecule has 2 fully saturated rings. The fourth-order valence-corrected chi connectivity index (χ4v) is 4.19. The van der Waals surface area contributed by atoms with Crippen molar-refractivity contribution < 1.29 is 23.2 Å². The summed E-state index contributed by atoms with van der Waals surface area (Å²) < 4.78 is 26.0. The second kappa shape index (κ2) is 9.19. The van der Waals surface area contributed by atoms with Crippen LogP contribution in [0.2, 0.25) is 0 Å². The smallest absolute Gasteiger partial charge is 0.248 e. The number of alkyl halides is 2. The van der Waals surface area contributed by atoms with Crippen molar-refractivity contribution >= 4 is 17.6 Å². The van der Waals surface area contributed by atoms with Gasteiger partial charge in [-0.3, -0.25) is 14.4 Å². The summed E-state index contributed by atoms with van der Waals surface area (Å²) in [5.41, 5.74) is -0.223. The molecule has 0 aromatic heterocycles. The van der Waals surface area contributed by atoms with Crippen LogP contribution in [0.5, 0.6) is 0 Å². The van der Waals surface area contributed by atoms with Gasteiger partial charge in [0.15, 0.2) is 0 Å². The predicted molar refractivity (Wildman–Crippen MR) is 103 cm³/mol. The predicted octanol–water partition coefficient (Wildman–Crippen LogP) is 2.97. The number of halogens is 2. The largest absolute Gasteiger partial charge is 0.356 e. The minimum Gasteiger partial charge on any atom is -0.356 e. The Balaban J connectivity index is 1.94. The fraction of sp³-hybridized carbons (Fsp3) is 0.810. The lowest BCUT2D eigenvalue weighted by atomic mass is 9.76. The van der Waals surface area contributed by atoms with Crippen LogP contribution in [0, 0.1) is 34.5 Å². The van der Waals surface area contributed by atoms with Crippen LogP contribution in [0.1, 0.15) is 65.7 Å². The van der Waals surface area contributed by atoms with Gasteiger partial charge in [0.05, 0.1) is 6.07 Å². The number of ketones is 1. The number of hydrogen-bond donors (Lipinski definition) is 2. The normalized spacial score (nSPS) is 23.4. The molecule has 0 aromatic rings. The van der Waals surface area contributed by atoms with Crippen molar-refractivity contribution in [2.45, 2.75) is 77.7 Å². The first-order valence-corrected chi connectivity index (χ1v) is 10.3.